The van der Waals surface area contributed by atoms with Gasteiger partial charge >= 0.3 is 17.9 Å². The summed E-state index contributed by atoms with van der Waals surface area (Å²) in [5.74, 6) is -1.96. The lowest BCUT2D eigenvalue weighted by Crippen LogP contribution is -2.30. The number of allylic oxidation sites excluding steroid dienone is 1. The highest BCUT2D eigenvalue weighted by Gasteiger charge is 2.42. The fourth-order valence-electron chi connectivity index (χ4n) is 3.08. The zero-order chi connectivity index (χ0) is 19.3. The van der Waals surface area contributed by atoms with E-state index in [0.717, 1.165) is 11.1 Å². The Morgan fingerprint density at radius 1 is 1.23 bits per heavy atom. The quantitative estimate of drug-likeness (QED) is 0.350. The van der Waals surface area contributed by atoms with Crippen LogP contribution in [-0.4, -0.2) is 48.4 Å². The predicted octanol–water partition coefficient (Wildman–Crippen LogP) is 1.61. The van der Waals surface area contributed by atoms with E-state index in [2.05, 4.69) is 6.58 Å². The lowest BCUT2D eigenvalue weighted by atomic mass is 9.85. The summed E-state index contributed by atoms with van der Waals surface area (Å²) in [5.41, 5.74) is 1.75. The van der Waals surface area contributed by atoms with Gasteiger partial charge in [0.2, 0.25) is 0 Å². The van der Waals surface area contributed by atoms with E-state index in [-0.39, 0.29) is 25.2 Å². The Morgan fingerprint density at radius 3 is 2.46 bits per heavy atom. The molecule has 0 aromatic carbocycles. The summed E-state index contributed by atoms with van der Waals surface area (Å²) in [5, 5.41) is 10.6. The molecule has 1 heterocycles. The monoisotopic (exact) mass is 364 g/mol. The molecule has 0 radical (unpaired) electrons. The maximum absolute atomic E-state index is 11.9. The van der Waals surface area contributed by atoms with E-state index in [1.165, 1.54) is 13.8 Å². The van der Waals surface area contributed by atoms with E-state index in [0.29, 0.717) is 12.8 Å². The maximum atomic E-state index is 11.9. The minimum Gasteiger partial charge on any atom is -0.461 e. The highest BCUT2D eigenvalue weighted by molar-refractivity contribution is 5.91. The molecule has 1 saturated heterocycles. The molecular formula is C19H24O7. The summed E-state index contributed by atoms with van der Waals surface area (Å²) in [6, 6.07) is 0. The van der Waals surface area contributed by atoms with Crippen molar-refractivity contribution < 1.29 is 33.7 Å². The molecule has 3 atom stereocenters. The SMILES string of the molecule is C=C1C(=O)O[C@@H]2/C=C(/COC(C)=O)CC/C=C(/COC(C)=O)C[C@H](O)[C@@H]12. The highest BCUT2D eigenvalue weighted by atomic mass is 16.6. The minimum absolute atomic E-state index is 0.0774. The first kappa shape index (κ1) is 19.9. The van der Waals surface area contributed by atoms with Crippen LogP contribution in [0.1, 0.15) is 33.1 Å². The van der Waals surface area contributed by atoms with Gasteiger partial charge in [0.15, 0.2) is 0 Å². The molecule has 0 amide bonds. The third-order valence-corrected chi connectivity index (χ3v) is 4.37. The largest absolute Gasteiger partial charge is 0.461 e. The normalized spacial score (nSPS) is 30.2. The maximum Gasteiger partial charge on any atom is 0.334 e. The number of fused-ring (bicyclic) bond motifs is 1. The van der Waals surface area contributed by atoms with E-state index in [4.69, 9.17) is 14.2 Å². The molecule has 7 heteroatoms. The zero-order valence-corrected chi connectivity index (χ0v) is 15.0. The second-order valence-corrected chi connectivity index (χ2v) is 6.48. The second kappa shape index (κ2) is 8.80. The molecule has 0 aromatic rings. The molecule has 0 aromatic heterocycles. The Bertz CT molecular complexity index is 659. The standard InChI is InChI=1S/C19H24O7/c1-11-18-16(22)7-14(9-24-12(2)20)5-4-6-15(10-25-13(3)21)8-17(18)26-19(11)23/h5,8,16-18,22H,1,4,6-7,9-10H2,2-3H3/b14-5+,15-8+/t16-,17+,18+/m0/s1. The van der Waals surface area contributed by atoms with Crippen molar-refractivity contribution in [2.45, 2.75) is 45.3 Å². The van der Waals surface area contributed by atoms with Gasteiger partial charge in [-0.15, -0.1) is 0 Å². The van der Waals surface area contributed by atoms with Gasteiger partial charge in [0.1, 0.15) is 19.3 Å². The summed E-state index contributed by atoms with van der Waals surface area (Å²) in [7, 11) is 0. The predicted molar refractivity (Wildman–Crippen MR) is 91.8 cm³/mol. The van der Waals surface area contributed by atoms with Crippen LogP contribution in [0.25, 0.3) is 0 Å². The molecule has 0 saturated carbocycles. The van der Waals surface area contributed by atoms with Gasteiger partial charge in [0.05, 0.1) is 12.0 Å². The van der Waals surface area contributed by atoms with Crippen LogP contribution in [-0.2, 0) is 28.6 Å². The van der Waals surface area contributed by atoms with Gasteiger partial charge < -0.3 is 19.3 Å². The number of carbonyl (C=O) groups is 3. The summed E-state index contributed by atoms with van der Waals surface area (Å²) >= 11 is 0. The van der Waals surface area contributed by atoms with E-state index < -0.39 is 36.0 Å². The van der Waals surface area contributed by atoms with Gasteiger partial charge in [-0.3, -0.25) is 9.59 Å². The van der Waals surface area contributed by atoms with Crippen molar-refractivity contribution in [1.29, 1.82) is 0 Å². The topological polar surface area (TPSA) is 99.1 Å². The molecule has 2 aliphatic rings. The van der Waals surface area contributed by atoms with Crippen LogP contribution in [0.2, 0.25) is 0 Å². The van der Waals surface area contributed by atoms with Gasteiger partial charge in [-0.05, 0) is 36.5 Å². The third kappa shape index (κ3) is 5.29. The summed E-state index contributed by atoms with van der Waals surface area (Å²) in [6.45, 7) is 6.55. The highest BCUT2D eigenvalue weighted by Crippen LogP contribution is 2.34. The zero-order valence-electron chi connectivity index (χ0n) is 15.0. The van der Waals surface area contributed by atoms with Gasteiger partial charge in [0.25, 0.3) is 0 Å². The summed E-state index contributed by atoms with van der Waals surface area (Å²) in [6.07, 6.45) is 3.50. The molecule has 1 aliphatic carbocycles. The lowest BCUT2D eigenvalue weighted by Gasteiger charge is -2.24. The summed E-state index contributed by atoms with van der Waals surface area (Å²) in [4.78, 5) is 34.1. The van der Waals surface area contributed by atoms with E-state index in [1.54, 1.807) is 6.08 Å². The van der Waals surface area contributed by atoms with Crippen LogP contribution < -0.4 is 0 Å². The molecule has 0 unspecified atom stereocenters. The fourth-order valence-corrected chi connectivity index (χ4v) is 3.08. The average Bonchev–Trinajstić information content (AvgIpc) is 2.83. The number of carbonyl (C=O) groups excluding carboxylic acids is 3. The minimum atomic E-state index is -0.912. The smallest absolute Gasteiger partial charge is 0.334 e. The van der Waals surface area contributed by atoms with Crippen LogP contribution in [0.3, 0.4) is 0 Å². The number of hydrogen-bond donors (Lipinski definition) is 1. The first-order chi connectivity index (χ1) is 12.3. The van der Waals surface area contributed by atoms with Gasteiger partial charge in [0, 0.05) is 19.4 Å². The number of hydrogen-bond acceptors (Lipinski definition) is 7. The van der Waals surface area contributed by atoms with Gasteiger partial charge in [-0.1, -0.05) is 12.7 Å². The molecule has 2 rings (SSSR count). The van der Waals surface area contributed by atoms with Crippen molar-refractivity contribution in [3.63, 3.8) is 0 Å². The molecule has 0 spiro atoms. The Labute approximate surface area is 152 Å². The molecule has 26 heavy (non-hydrogen) atoms. The number of esters is 3. The number of ether oxygens (including phenoxy) is 3. The Kier molecular flexibility index (Phi) is 6.74. The number of aliphatic hydroxyl groups is 1. The molecule has 1 fully saturated rings. The van der Waals surface area contributed by atoms with Gasteiger partial charge in [-0.25, -0.2) is 4.79 Å². The van der Waals surface area contributed by atoms with Crippen LogP contribution in [0.4, 0.5) is 0 Å². The number of rotatable bonds is 4. The molecule has 7 nitrogen and oxygen atoms in total. The summed E-state index contributed by atoms with van der Waals surface area (Å²) < 4.78 is 15.4. The second-order valence-electron chi connectivity index (χ2n) is 6.48. The Hall–Kier alpha value is -2.41. The van der Waals surface area contributed by atoms with Crippen molar-refractivity contribution >= 4 is 17.9 Å². The Balaban J connectivity index is 2.26. The average molecular weight is 364 g/mol. The van der Waals surface area contributed by atoms with Crippen LogP contribution >= 0.6 is 0 Å². The van der Waals surface area contributed by atoms with Crippen molar-refractivity contribution in [3.05, 3.63) is 35.5 Å². The van der Waals surface area contributed by atoms with E-state index in [1.807, 2.05) is 6.08 Å². The van der Waals surface area contributed by atoms with Crippen molar-refractivity contribution in [2.24, 2.45) is 5.92 Å². The molecule has 1 aliphatic heterocycles. The Morgan fingerprint density at radius 2 is 1.85 bits per heavy atom. The van der Waals surface area contributed by atoms with Crippen molar-refractivity contribution in [2.75, 3.05) is 13.2 Å². The molecule has 0 bridgehead atoms. The fraction of sp³-hybridized carbons (Fsp3) is 0.526. The van der Waals surface area contributed by atoms with Crippen LogP contribution in [0.5, 0.6) is 0 Å². The molecular weight excluding hydrogens is 340 g/mol. The molecule has 1 N–H and O–H groups in total. The lowest BCUT2D eigenvalue weighted by molar-refractivity contribution is -0.141. The van der Waals surface area contributed by atoms with Crippen molar-refractivity contribution in [1.82, 2.24) is 0 Å². The first-order valence-corrected chi connectivity index (χ1v) is 8.50. The van der Waals surface area contributed by atoms with Gasteiger partial charge in [-0.2, -0.15) is 0 Å². The van der Waals surface area contributed by atoms with E-state index >= 15 is 0 Å². The first-order valence-electron chi connectivity index (χ1n) is 8.50. The molecule has 142 valence electrons. The van der Waals surface area contributed by atoms with Crippen LogP contribution in [0.15, 0.2) is 35.5 Å². The number of aliphatic hydroxyl groups excluding tert-OH is 1. The van der Waals surface area contributed by atoms with E-state index in [9.17, 15) is 19.5 Å². The van der Waals surface area contributed by atoms with Crippen molar-refractivity contribution in [3.8, 4) is 0 Å². The third-order valence-electron chi connectivity index (χ3n) is 4.37. The van der Waals surface area contributed by atoms with Crippen LogP contribution in [0, 0.1) is 5.92 Å².